The van der Waals surface area contributed by atoms with Crippen molar-refractivity contribution in [1.29, 1.82) is 0 Å². The molecule has 24 heavy (non-hydrogen) atoms. The normalized spacial score (nSPS) is 14.8. The summed E-state index contributed by atoms with van der Waals surface area (Å²) < 4.78 is 10.6. The zero-order chi connectivity index (χ0) is 16.8. The minimum absolute atomic E-state index is 0.581. The van der Waals surface area contributed by atoms with Crippen molar-refractivity contribution < 1.29 is 9.47 Å². The van der Waals surface area contributed by atoms with Gasteiger partial charge >= 0.3 is 0 Å². The molecule has 1 aromatic heterocycles. The molecule has 1 aliphatic rings. The van der Waals surface area contributed by atoms with Gasteiger partial charge in [0.15, 0.2) is 0 Å². The smallest absolute Gasteiger partial charge is 0.213 e. The number of piperidine rings is 1. The van der Waals surface area contributed by atoms with Gasteiger partial charge in [0.1, 0.15) is 5.75 Å². The highest BCUT2D eigenvalue weighted by atomic mass is 16.5. The first-order chi connectivity index (χ1) is 11.8. The van der Waals surface area contributed by atoms with Crippen LogP contribution in [0.5, 0.6) is 11.6 Å². The maximum Gasteiger partial charge on any atom is 0.213 e. The highest BCUT2D eigenvalue weighted by Crippen LogP contribution is 2.27. The first-order valence-electron chi connectivity index (χ1n) is 8.27. The SMILES string of the molecule is COc1ccc(N=Cc2ccc(N3CCCCC3)cc2OC)cn1. The van der Waals surface area contributed by atoms with E-state index in [4.69, 9.17) is 9.47 Å². The largest absolute Gasteiger partial charge is 0.496 e. The van der Waals surface area contributed by atoms with Crippen molar-refractivity contribution >= 4 is 17.6 Å². The molecular formula is C19H23N3O2. The predicted molar refractivity (Wildman–Crippen MR) is 97.1 cm³/mol. The van der Waals surface area contributed by atoms with Crippen molar-refractivity contribution in [2.75, 3.05) is 32.2 Å². The molecule has 0 bridgehead atoms. The van der Waals surface area contributed by atoms with Crippen molar-refractivity contribution in [1.82, 2.24) is 4.98 Å². The third-order valence-corrected chi connectivity index (χ3v) is 4.22. The quantitative estimate of drug-likeness (QED) is 0.784. The summed E-state index contributed by atoms with van der Waals surface area (Å²) in [5.41, 5.74) is 2.95. The summed E-state index contributed by atoms with van der Waals surface area (Å²) in [4.78, 5) is 11.0. The molecule has 1 aromatic carbocycles. The lowest BCUT2D eigenvalue weighted by atomic mass is 10.1. The van der Waals surface area contributed by atoms with E-state index in [0.717, 1.165) is 30.1 Å². The van der Waals surface area contributed by atoms with Gasteiger partial charge in [0.05, 0.1) is 26.1 Å². The van der Waals surface area contributed by atoms with Crippen LogP contribution in [-0.4, -0.2) is 38.5 Å². The minimum Gasteiger partial charge on any atom is -0.496 e. The lowest BCUT2D eigenvalue weighted by Gasteiger charge is -2.29. The summed E-state index contributed by atoms with van der Waals surface area (Å²) >= 11 is 0. The van der Waals surface area contributed by atoms with Crippen molar-refractivity contribution in [3.63, 3.8) is 0 Å². The molecule has 2 aromatic rings. The highest BCUT2D eigenvalue weighted by Gasteiger charge is 2.12. The Hall–Kier alpha value is -2.56. The molecule has 3 rings (SSSR count). The first-order valence-corrected chi connectivity index (χ1v) is 8.27. The summed E-state index contributed by atoms with van der Waals surface area (Å²) in [7, 11) is 3.29. The number of ether oxygens (including phenoxy) is 2. The number of nitrogens with zero attached hydrogens (tertiary/aromatic N) is 3. The molecule has 0 aliphatic carbocycles. The van der Waals surface area contributed by atoms with Crippen LogP contribution in [0.4, 0.5) is 11.4 Å². The third kappa shape index (κ3) is 3.85. The van der Waals surface area contributed by atoms with Gasteiger partial charge in [0.25, 0.3) is 0 Å². The Labute approximate surface area is 143 Å². The van der Waals surface area contributed by atoms with Crippen LogP contribution in [0.15, 0.2) is 41.5 Å². The number of methoxy groups -OCH3 is 2. The molecule has 0 unspecified atom stereocenters. The number of pyridine rings is 1. The molecule has 0 spiro atoms. The molecule has 1 saturated heterocycles. The fraction of sp³-hybridized carbons (Fsp3) is 0.368. The van der Waals surface area contributed by atoms with E-state index in [1.165, 1.54) is 24.9 Å². The van der Waals surface area contributed by atoms with Crippen molar-refractivity contribution in [2.45, 2.75) is 19.3 Å². The summed E-state index contributed by atoms with van der Waals surface area (Å²) in [5.74, 6) is 1.42. The van der Waals surface area contributed by atoms with E-state index >= 15 is 0 Å². The van der Waals surface area contributed by atoms with Crippen molar-refractivity contribution in [2.24, 2.45) is 4.99 Å². The molecular weight excluding hydrogens is 302 g/mol. The molecule has 1 fully saturated rings. The lowest BCUT2D eigenvalue weighted by molar-refractivity contribution is 0.398. The van der Waals surface area contributed by atoms with Crippen LogP contribution in [0, 0.1) is 0 Å². The van der Waals surface area contributed by atoms with Crippen LogP contribution in [0.25, 0.3) is 0 Å². The maximum atomic E-state index is 5.55. The second kappa shape index (κ2) is 7.81. The van der Waals surface area contributed by atoms with Gasteiger partial charge in [0.2, 0.25) is 5.88 Å². The summed E-state index contributed by atoms with van der Waals surface area (Å²) in [6, 6.07) is 9.96. The average Bonchev–Trinajstić information content (AvgIpc) is 2.67. The van der Waals surface area contributed by atoms with Crippen molar-refractivity contribution in [3.8, 4) is 11.6 Å². The number of benzene rings is 1. The molecule has 126 valence electrons. The molecule has 1 aliphatic heterocycles. The fourth-order valence-corrected chi connectivity index (χ4v) is 2.87. The monoisotopic (exact) mass is 325 g/mol. The van der Waals surface area contributed by atoms with Crippen LogP contribution < -0.4 is 14.4 Å². The topological polar surface area (TPSA) is 47.0 Å². The highest BCUT2D eigenvalue weighted by molar-refractivity contribution is 5.86. The van der Waals surface area contributed by atoms with Gasteiger partial charge < -0.3 is 14.4 Å². The summed E-state index contributed by atoms with van der Waals surface area (Å²) in [6.45, 7) is 2.24. The van der Waals surface area contributed by atoms with Gasteiger partial charge in [-0.25, -0.2) is 4.98 Å². The van der Waals surface area contributed by atoms with E-state index in [-0.39, 0.29) is 0 Å². The number of hydrogen-bond donors (Lipinski definition) is 0. The molecule has 5 heteroatoms. The number of anilines is 1. The van der Waals surface area contributed by atoms with E-state index in [0.29, 0.717) is 5.88 Å². The Morgan fingerprint density at radius 1 is 1.04 bits per heavy atom. The second-order valence-corrected chi connectivity index (χ2v) is 5.79. The number of aliphatic imine (C=N–C) groups is 1. The molecule has 0 atom stereocenters. The molecule has 0 amide bonds. The number of hydrogen-bond acceptors (Lipinski definition) is 5. The van der Waals surface area contributed by atoms with Gasteiger partial charge in [-0.05, 0) is 37.5 Å². The number of aromatic nitrogens is 1. The van der Waals surface area contributed by atoms with E-state index < -0.39 is 0 Å². The summed E-state index contributed by atoms with van der Waals surface area (Å²) in [5, 5.41) is 0. The predicted octanol–water partition coefficient (Wildman–Crippen LogP) is 3.84. The maximum absolute atomic E-state index is 5.55. The van der Waals surface area contributed by atoms with Crippen LogP contribution in [0.1, 0.15) is 24.8 Å². The van der Waals surface area contributed by atoms with Crippen molar-refractivity contribution in [3.05, 3.63) is 42.1 Å². The standard InChI is InChI=1S/C19H23N3O2/c1-23-18-12-17(22-10-4-3-5-11-22)8-6-15(18)13-20-16-7-9-19(24-2)21-14-16/h6-9,12-14H,3-5,10-11H2,1-2H3. The average molecular weight is 325 g/mol. The Morgan fingerprint density at radius 2 is 1.88 bits per heavy atom. The van der Waals surface area contributed by atoms with Crippen LogP contribution in [0.3, 0.4) is 0 Å². The van der Waals surface area contributed by atoms with E-state index in [1.54, 1.807) is 26.5 Å². The van der Waals surface area contributed by atoms with Gasteiger partial charge in [0, 0.05) is 42.7 Å². The Morgan fingerprint density at radius 3 is 2.54 bits per heavy atom. The molecule has 0 saturated carbocycles. The van der Waals surface area contributed by atoms with E-state index in [9.17, 15) is 0 Å². The van der Waals surface area contributed by atoms with Crippen LogP contribution in [0.2, 0.25) is 0 Å². The van der Waals surface area contributed by atoms with Crippen LogP contribution in [-0.2, 0) is 0 Å². The van der Waals surface area contributed by atoms with Gasteiger partial charge in [-0.2, -0.15) is 0 Å². The van der Waals surface area contributed by atoms with Crippen LogP contribution >= 0.6 is 0 Å². The molecule has 0 N–H and O–H groups in total. The lowest BCUT2D eigenvalue weighted by Crippen LogP contribution is -2.29. The molecule has 5 nitrogen and oxygen atoms in total. The third-order valence-electron chi connectivity index (χ3n) is 4.22. The second-order valence-electron chi connectivity index (χ2n) is 5.79. The molecule has 2 heterocycles. The zero-order valence-electron chi connectivity index (χ0n) is 14.2. The van der Waals surface area contributed by atoms with Gasteiger partial charge in [-0.3, -0.25) is 4.99 Å². The Bertz CT molecular complexity index is 692. The number of rotatable bonds is 5. The van der Waals surface area contributed by atoms with Gasteiger partial charge in [-0.15, -0.1) is 0 Å². The minimum atomic E-state index is 0.581. The fourth-order valence-electron chi connectivity index (χ4n) is 2.87. The summed E-state index contributed by atoms with van der Waals surface area (Å²) in [6.07, 6.45) is 7.34. The molecule has 0 radical (unpaired) electrons. The van der Waals surface area contributed by atoms with E-state index in [2.05, 4.69) is 33.1 Å². The first kappa shape index (κ1) is 16.3. The Balaban J connectivity index is 1.77. The van der Waals surface area contributed by atoms with Gasteiger partial charge in [-0.1, -0.05) is 0 Å². The van der Waals surface area contributed by atoms with E-state index in [1.807, 2.05) is 12.3 Å². The Kier molecular flexibility index (Phi) is 5.31. The zero-order valence-corrected chi connectivity index (χ0v) is 14.2.